The molecule has 0 aliphatic carbocycles. The van der Waals surface area contributed by atoms with Gasteiger partial charge in [-0.05, 0) is 68.2 Å². The van der Waals surface area contributed by atoms with Crippen molar-refractivity contribution < 1.29 is 4.79 Å². The number of carbonyl (C=O) groups excluding carboxylic acids is 1. The second-order valence-electron chi connectivity index (χ2n) is 6.31. The van der Waals surface area contributed by atoms with Crippen LogP contribution in [0.4, 0.5) is 11.4 Å². The Morgan fingerprint density at radius 1 is 1.04 bits per heavy atom. The molecule has 2 aromatic carbocycles. The lowest BCUT2D eigenvalue weighted by Gasteiger charge is -2.15. The number of benzene rings is 2. The Bertz CT molecular complexity index is 781. The maximum atomic E-state index is 12.0. The highest BCUT2D eigenvalue weighted by Crippen LogP contribution is 2.21. The van der Waals surface area contributed by atoms with Crippen LogP contribution in [0.2, 0.25) is 0 Å². The Kier molecular flexibility index (Phi) is 6.97. The van der Waals surface area contributed by atoms with Crippen molar-refractivity contribution in [3.8, 4) is 0 Å². The van der Waals surface area contributed by atoms with Gasteiger partial charge in [0.15, 0.2) is 5.11 Å². The molecule has 138 valence electrons. The van der Waals surface area contributed by atoms with Gasteiger partial charge >= 0.3 is 0 Å². The van der Waals surface area contributed by atoms with E-state index in [2.05, 4.69) is 53.5 Å². The van der Waals surface area contributed by atoms with Crippen molar-refractivity contribution in [2.75, 3.05) is 17.2 Å². The molecule has 0 atom stereocenters. The van der Waals surface area contributed by atoms with E-state index in [-0.39, 0.29) is 12.5 Å². The second kappa shape index (κ2) is 9.20. The Morgan fingerprint density at radius 3 is 2.38 bits per heavy atom. The fraction of sp³-hybridized carbons (Fsp3) is 0.300. The van der Waals surface area contributed by atoms with Gasteiger partial charge in [-0.3, -0.25) is 15.6 Å². The zero-order chi connectivity index (χ0) is 19.1. The van der Waals surface area contributed by atoms with Gasteiger partial charge in [0, 0.05) is 11.4 Å². The normalized spacial score (nSPS) is 10.2. The molecule has 26 heavy (non-hydrogen) atoms. The summed E-state index contributed by atoms with van der Waals surface area (Å²) in [6.07, 6.45) is 0.954. The fourth-order valence-electron chi connectivity index (χ4n) is 2.83. The van der Waals surface area contributed by atoms with Crippen molar-refractivity contribution in [1.82, 2.24) is 10.9 Å². The summed E-state index contributed by atoms with van der Waals surface area (Å²) in [5.41, 5.74) is 11.9. The standard InChI is InChI=1S/C20H26N4OS/c1-5-16-7-6-8-17(11-16)22-20(26)24-23-18(25)12-21-19-14(3)9-13(2)10-15(19)4/h6-11,21H,5,12H2,1-4H3,(H,23,25)(H2,22,24,26). The van der Waals surface area contributed by atoms with Gasteiger partial charge in [0.1, 0.15) is 0 Å². The molecule has 0 aliphatic rings. The van der Waals surface area contributed by atoms with Gasteiger partial charge in [0.05, 0.1) is 6.54 Å². The van der Waals surface area contributed by atoms with E-state index in [4.69, 9.17) is 12.2 Å². The van der Waals surface area contributed by atoms with Crippen molar-refractivity contribution in [1.29, 1.82) is 0 Å². The number of amides is 1. The van der Waals surface area contributed by atoms with Crippen LogP contribution >= 0.6 is 12.2 Å². The highest BCUT2D eigenvalue weighted by atomic mass is 32.1. The van der Waals surface area contributed by atoms with Gasteiger partial charge in [0.2, 0.25) is 0 Å². The number of carbonyl (C=O) groups is 1. The van der Waals surface area contributed by atoms with Crippen molar-refractivity contribution >= 4 is 34.6 Å². The molecule has 1 amide bonds. The summed E-state index contributed by atoms with van der Waals surface area (Å²) in [5.74, 6) is -0.198. The maximum Gasteiger partial charge on any atom is 0.257 e. The molecule has 0 spiro atoms. The molecule has 2 rings (SSSR count). The molecule has 0 radical (unpaired) electrons. The Balaban J connectivity index is 1.80. The van der Waals surface area contributed by atoms with E-state index in [9.17, 15) is 4.79 Å². The van der Waals surface area contributed by atoms with Crippen LogP contribution in [-0.4, -0.2) is 17.6 Å². The SMILES string of the molecule is CCc1cccc(NC(=S)NNC(=O)CNc2c(C)cc(C)cc2C)c1. The topological polar surface area (TPSA) is 65.2 Å². The van der Waals surface area contributed by atoms with Crippen molar-refractivity contribution in [3.05, 3.63) is 58.7 Å². The van der Waals surface area contributed by atoms with Gasteiger partial charge in [-0.15, -0.1) is 0 Å². The van der Waals surface area contributed by atoms with Crippen LogP contribution in [0.3, 0.4) is 0 Å². The van der Waals surface area contributed by atoms with E-state index in [1.807, 2.05) is 32.0 Å². The lowest BCUT2D eigenvalue weighted by atomic mass is 10.1. The molecular weight excluding hydrogens is 344 g/mol. The number of nitrogens with one attached hydrogen (secondary N) is 4. The van der Waals surface area contributed by atoms with Gasteiger partial charge in [-0.2, -0.15) is 0 Å². The Labute approximate surface area is 160 Å². The van der Waals surface area contributed by atoms with Crippen LogP contribution in [0.15, 0.2) is 36.4 Å². The summed E-state index contributed by atoms with van der Waals surface area (Å²) in [6.45, 7) is 8.38. The lowest BCUT2D eigenvalue weighted by molar-refractivity contribution is -0.119. The average Bonchev–Trinajstić information content (AvgIpc) is 2.59. The minimum absolute atomic E-state index is 0.158. The van der Waals surface area contributed by atoms with Crippen molar-refractivity contribution in [2.24, 2.45) is 0 Å². The largest absolute Gasteiger partial charge is 0.376 e. The number of hydrogen-bond donors (Lipinski definition) is 4. The highest BCUT2D eigenvalue weighted by molar-refractivity contribution is 7.80. The molecule has 5 nitrogen and oxygen atoms in total. The Hall–Kier alpha value is -2.60. The van der Waals surface area contributed by atoms with Gasteiger partial charge in [-0.1, -0.05) is 36.8 Å². The lowest BCUT2D eigenvalue weighted by Crippen LogP contribution is -2.45. The Morgan fingerprint density at radius 2 is 1.73 bits per heavy atom. The van der Waals surface area contributed by atoms with E-state index in [1.165, 1.54) is 11.1 Å². The van der Waals surface area contributed by atoms with Gasteiger partial charge in [0.25, 0.3) is 5.91 Å². The molecule has 0 unspecified atom stereocenters. The first-order valence-corrected chi connectivity index (χ1v) is 9.06. The number of hydrogen-bond acceptors (Lipinski definition) is 3. The zero-order valence-corrected chi connectivity index (χ0v) is 16.5. The number of aryl methyl sites for hydroxylation is 4. The summed E-state index contributed by atoms with van der Waals surface area (Å²) >= 11 is 5.21. The number of hydrazine groups is 1. The predicted octanol–water partition coefficient (Wildman–Crippen LogP) is 3.60. The van der Waals surface area contributed by atoms with Crippen LogP contribution in [0.1, 0.15) is 29.2 Å². The minimum atomic E-state index is -0.198. The van der Waals surface area contributed by atoms with E-state index in [1.54, 1.807) is 0 Å². The van der Waals surface area contributed by atoms with Gasteiger partial charge in [-0.25, -0.2) is 0 Å². The van der Waals surface area contributed by atoms with Crippen LogP contribution in [-0.2, 0) is 11.2 Å². The first-order valence-electron chi connectivity index (χ1n) is 8.65. The summed E-state index contributed by atoms with van der Waals surface area (Å²) < 4.78 is 0. The van der Waals surface area contributed by atoms with E-state index < -0.39 is 0 Å². The van der Waals surface area contributed by atoms with E-state index in [0.29, 0.717) is 5.11 Å². The minimum Gasteiger partial charge on any atom is -0.376 e. The summed E-state index contributed by atoms with van der Waals surface area (Å²) in [5, 5.41) is 6.58. The smallest absolute Gasteiger partial charge is 0.257 e. The number of rotatable bonds is 5. The maximum absolute atomic E-state index is 12.0. The van der Waals surface area contributed by atoms with Crippen LogP contribution in [0, 0.1) is 20.8 Å². The van der Waals surface area contributed by atoms with Crippen LogP contribution in [0.5, 0.6) is 0 Å². The highest BCUT2D eigenvalue weighted by Gasteiger charge is 2.07. The summed E-state index contributed by atoms with van der Waals surface area (Å²) in [4.78, 5) is 12.0. The molecular formula is C20H26N4OS. The molecule has 0 heterocycles. The van der Waals surface area contributed by atoms with Crippen molar-refractivity contribution in [3.63, 3.8) is 0 Å². The van der Waals surface area contributed by atoms with Crippen LogP contribution in [0.25, 0.3) is 0 Å². The van der Waals surface area contributed by atoms with E-state index >= 15 is 0 Å². The van der Waals surface area contributed by atoms with E-state index in [0.717, 1.165) is 28.9 Å². The average molecular weight is 371 g/mol. The van der Waals surface area contributed by atoms with Gasteiger partial charge < -0.3 is 10.6 Å². The molecule has 0 fully saturated rings. The molecule has 0 aromatic heterocycles. The fourth-order valence-corrected chi connectivity index (χ4v) is 3.00. The quantitative estimate of drug-likeness (QED) is 0.478. The monoisotopic (exact) mass is 370 g/mol. The van der Waals surface area contributed by atoms with Crippen molar-refractivity contribution in [2.45, 2.75) is 34.1 Å². The predicted molar refractivity (Wildman–Crippen MR) is 112 cm³/mol. The molecule has 0 bridgehead atoms. The molecule has 6 heteroatoms. The number of thiocarbonyl (C=S) groups is 1. The third-order valence-electron chi connectivity index (χ3n) is 4.01. The molecule has 0 saturated carbocycles. The third kappa shape index (κ3) is 5.74. The molecule has 0 aliphatic heterocycles. The summed E-state index contributed by atoms with van der Waals surface area (Å²) in [7, 11) is 0. The van der Waals surface area contributed by atoms with Crippen LogP contribution < -0.4 is 21.5 Å². The molecule has 4 N–H and O–H groups in total. The first-order chi connectivity index (χ1) is 12.4. The molecule has 2 aromatic rings. The third-order valence-corrected chi connectivity index (χ3v) is 4.22. The second-order valence-corrected chi connectivity index (χ2v) is 6.72. The zero-order valence-electron chi connectivity index (χ0n) is 15.7. The first kappa shape index (κ1) is 19.7. The number of anilines is 2. The summed E-state index contributed by atoms with van der Waals surface area (Å²) in [6, 6.07) is 12.2. The molecule has 0 saturated heterocycles.